The van der Waals surface area contributed by atoms with Gasteiger partial charge < -0.3 is 114 Å². The molecule has 494 valence electrons. The van der Waals surface area contributed by atoms with E-state index in [4.69, 9.17) is 42.6 Å². The van der Waals surface area contributed by atoms with E-state index in [1.165, 1.54) is 30.3 Å². The summed E-state index contributed by atoms with van der Waals surface area (Å²) in [7, 11) is 0. The minimum atomic E-state index is -2.04. The molecule has 0 aromatic heterocycles. The van der Waals surface area contributed by atoms with E-state index in [9.17, 15) is 81.1 Å². The second-order valence-electron chi connectivity index (χ2n) is 28.3. The van der Waals surface area contributed by atoms with Crippen LogP contribution in [0, 0.1) is 50.2 Å². The van der Waals surface area contributed by atoms with Crippen LogP contribution in [-0.4, -0.2) is 238 Å². The molecule has 5 aliphatic carbocycles. The molecular weight excluding hydrogens is 1160 g/mol. The average Bonchev–Trinajstić information content (AvgIpc) is 0.689. The van der Waals surface area contributed by atoms with Crippen LogP contribution in [0.15, 0.2) is 42.0 Å². The van der Waals surface area contributed by atoms with Crippen molar-refractivity contribution in [3.63, 3.8) is 0 Å². The molecule has 1 aromatic carbocycles. The van der Waals surface area contributed by atoms with Crippen LogP contribution < -0.4 is 0 Å². The quantitative estimate of drug-likeness (QED) is 0.0489. The third-order valence-electron chi connectivity index (χ3n) is 22.6. The number of aromatic hydroxyl groups is 1. The zero-order chi connectivity index (χ0) is 64.1. The largest absolute Gasteiger partial charge is 0.508 e. The highest BCUT2D eigenvalue weighted by Gasteiger charge is 2.72. The normalized spacial score (nSPS) is 48.1. The summed E-state index contributed by atoms with van der Waals surface area (Å²) in [5.74, 6) is -4.12. The van der Waals surface area contributed by atoms with Gasteiger partial charge in [-0.05, 0) is 126 Å². The van der Waals surface area contributed by atoms with Crippen molar-refractivity contribution >= 4 is 24.0 Å². The molecule has 0 bridgehead atoms. The summed E-state index contributed by atoms with van der Waals surface area (Å²) in [6.45, 7) is 12.9. The Labute approximate surface area is 509 Å². The first-order chi connectivity index (χ1) is 41.3. The van der Waals surface area contributed by atoms with Gasteiger partial charge in [-0.2, -0.15) is 0 Å². The Bertz CT molecular complexity index is 2740. The number of carbonyl (C=O) groups is 3. The molecule has 26 heteroatoms. The minimum absolute atomic E-state index is 0.00114. The lowest BCUT2D eigenvalue weighted by atomic mass is 9.33. The van der Waals surface area contributed by atoms with Gasteiger partial charge in [0.2, 0.25) is 6.29 Å². The van der Waals surface area contributed by atoms with Gasteiger partial charge in [-0.3, -0.25) is 4.79 Å². The maximum Gasteiger partial charge on any atom is 0.335 e. The van der Waals surface area contributed by atoms with Crippen LogP contribution in [0.5, 0.6) is 5.75 Å². The van der Waals surface area contributed by atoms with Crippen molar-refractivity contribution in [3.8, 4) is 5.75 Å². The summed E-state index contributed by atoms with van der Waals surface area (Å²) >= 11 is 0. The third-order valence-corrected chi connectivity index (χ3v) is 22.6. The number of esters is 2. The average molecular weight is 1250 g/mol. The Morgan fingerprint density at radius 1 is 0.625 bits per heavy atom. The number of hydrogen-bond acceptors (Lipinski definition) is 25. The lowest BCUT2D eigenvalue weighted by molar-refractivity contribution is -0.374. The van der Waals surface area contributed by atoms with Crippen LogP contribution in [0.1, 0.15) is 112 Å². The number of allylic oxidation sites excluding steroid dienone is 2. The highest BCUT2D eigenvalue weighted by Crippen LogP contribution is 2.76. The Morgan fingerprint density at radius 3 is 1.84 bits per heavy atom. The fourth-order valence-electron chi connectivity index (χ4n) is 17.3. The number of aliphatic hydroxyl groups excluding tert-OH is 12. The number of aliphatic hydroxyl groups is 12. The molecule has 28 atom stereocenters. The van der Waals surface area contributed by atoms with Gasteiger partial charge in [0.15, 0.2) is 31.1 Å². The highest BCUT2D eigenvalue weighted by molar-refractivity contribution is 5.87. The molecule has 0 amide bonds. The second-order valence-corrected chi connectivity index (χ2v) is 28.3. The third kappa shape index (κ3) is 11.5. The molecule has 4 aliphatic heterocycles. The van der Waals surface area contributed by atoms with Crippen molar-refractivity contribution in [2.75, 3.05) is 19.8 Å². The van der Waals surface area contributed by atoms with Gasteiger partial charge in [0.25, 0.3) is 0 Å². The predicted molar refractivity (Wildman–Crippen MR) is 300 cm³/mol. The predicted octanol–water partition coefficient (Wildman–Crippen LogP) is -0.363. The number of aliphatic carboxylic acids is 1. The molecule has 26 nitrogen and oxygen atoms in total. The van der Waals surface area contributed by atoms with E-state index < -0.39 is 200 Å². The number of ether oxygens (including phenoxy) is 9. The van der Waals surface area contributed by atoms with E-state index in [-0.39, 0.29) is 35.8 Å². The number of carboxylic acid groups (broad SMARTS) is 1. The van der Waals surface area contributed by atoms with Crippen molar-refractivity contribution in [3.05, 3.63) is 47.6 Å². The summed E-state index contributed by atoms with van der Waals surface area (Å²) in [6, 6.07) is 5.88. The molecule has 4 heterocycles. The highest BCUT2D eigenvalue weighted by atomic mass is 16.8. The number of benzene rings is 1. The summed E-state index contributed by atoms with van der Waals surface area (Å²) in [4.78, 5) is 41.9. The van der Waals surface area contributed by atoms with Crippen LogP contribution in [-0.2, 0) is 57.0 Å². The minimum Gasteiger partial charge on any atom is -0.508 e. The lowest BCUT2D eigenvalue weighted by Gasteiger charge is -2.71. The maximum atomic E-state index is 15.6. The van der Waals surface area contributed by atoms with E-state index in [0.29, 0.717) is 50.5 Å². The molecule has 9 aliphatic rings. The van der Waals surface area contributed by atoms with E-state index in [1.807, 2.05) is 0 Å². The number of hydrogen-bond donors (Lipinski definition) is 14. The van der Waals surface area contributed by atoms with Gasteiger partial charge in [0, 0.05) is 6.08 Å². The Morgan fingerprint density at radius 2 is 1.24 bits per heavy atom. The Hall–Kier alpha value is -3.85. The number of rotatable bonds is 14. The first kappa shape index (κ1) is 67.1. The van der Waals surface area contributed by atoms with Gasteiger partial charge in [-0.25, -0.2) is 9.59 Å². The summed E-state index contributed by atoms with van der Waals surface area (Å²) in [5, 5.41) is 151. The molecule has 4 saturated carbocycles. The number of carboxylic acids is 1. The first-order valence-corrected chi connectivity index (χ1v) is 30.7. The Balaban J connectivity index is 0.921. The van der Waals surface area contributed by atoms with E-state index in [1.54, 1.807) is 0 Å². The van der Waals surface area contributed by atoms with Crippen molar-refractivity contribution in [1.29, 1.82) is 0 Å². The molecule has 10 rings (SSSR count). The van der Waals surface area contributed by atoms with E-state index in [0.717, 1.165) is 11.6 Å². The number of fused-ring (bicyclic) bond motifs is 7. The maximum absolute atomic E-state index is 15.6. The van der Waals surface area contributed by atoms with Crippen molar-refractivity contribution in [2.24, 2.45) is 50.2 Å². The molecule has 0 radical (unpaired) electrons. The van der Waals surface area contributed by atoms with E-state index in [2.05, 4.69) is 54.5 Å². The van der Waals surface area contributed by atoms with E-state index >= 15 is 4.79 Å². The van der Waals surface area contributed by atoms with Crippen LogP contribution in [0.2, 0.25) is 0 Å². The standard InChI is InChI=1S/C62H90O26/c1-57(2)20-21-62(56(79)88-54-50(84-38(68)15-10-27-8-11-28(65)12-9-27)47(31(66)26-80-54)85-52-45(75)41(71)39(69)32(24-63)81-52)30(22-57)29-13-14-35-59(5)18-17-37(58(3,4)34(59)16-19-60(35,6)61(29,7)23-36(62)67)83-55-49(44(74)43(73)48(86-55)51(77)78)87-53-46(76)42(72)40(70)33(25-64)82-53/h8-13,15,30-37,39-50,52-55,63-67,69-76H,14,16-26H2,1-7H3,(H,77,78)/b15-10+/t30-,31+,32+,33+,34-,35+,36+,37-,39+,40-,41-,42-,43-,44-,45+,46+,47-,48-,49+,50+,52+,53+,54+,55-,59-,60+,61+,62+/m0/s1. The number of carbonyl (C=O) groups excluding carboxylic acids is 2. The van der Waals surface area contributed by atoms with Crippen molar-refractivity contribution < 1.29 is 129 Å². The van der Waals surface area contributed by atoms with Crippen LogP contribution in [0.25, 0.3) is 6.08 Å². The molecular formula is C62H90O26. The molecule has 8 fully saturated rings. The Kier molecular flexibility index (Phi) is 19.0. The summed E-state index contributed by atoms with van der Waals surface area (Å²) in [6.07, 6.45) is -26.9. The summed E-state index contributed by atoms with van der Waals surface area (Å²) in [5.41, 5.74) is -2.67. The monoisotopic (exact) mass is 1250 g/mol. The van der Waals surface area contributed by atoms with Crippen LogP contribution >= 0.6 is 0 Å². The fraction of sp³-hybridized carbons (Fsp3) is 0.790. The van der Waals surface area contributed by atoms with Crippen LogP contribution in [0.3, 0.4) is 0 Å². The van der Waals surface area contributed by atoms with Gasteiger partial charge >= 0.3 is 17.9 Å². The second kappa shape index (κ2) is 24.9. The van der Waals surface area contributed by atoms with Gasteiger partial charge in [0.05, 0.1) is 32.0 Å². The first-order valence-electron chi connectivity index (χ1n) is 30.7. The van der Waals surface area contributed by atoms with Crippen LogP contribution in [0.4, 0.5) is 0 Å². The number of phenolic OH excluding ortho intramolecular Hbond substituents is 1. The molecule has 4 saturated heterocycles. The molecule has 1 aromatic rings. The molecule has 0 spiro atoms. The zero-order valence-electron chi connectivity index (χ0n) is 50.5. The number of phenols is 1. The van der Waals surface area contributed by atoms with Crippen molar-refractivity contribution in [2.45, 2.75) is 235 Å². The fourth-order valence-corrected chi connectivity index (χ4v) is 17.3. The van der Waals surface area contributed by atoms with Gasteiger partial charge in [-0.1, -0.05) is 72.2 Å². The molecule has 14 N–H and O–H groups in total. The SMILES string of the molecule is CC1(C)CC[C@]2(C(=O)O[C@H]3OC[C@@H](O)[C@H](O[C@H]4O[C@H](CO)[C@@H](O)[C@H](O)[C@H]4O)[C@H]3OC(=O)/C=C/c3ccc(O)cc3)[C@H](O)C[C@]3(C)C(=CC[C@@H]4[C@@]5(C)CC[C@H](O[C@H]6O[C@H](C(=O)O)[C@@H](O)[C@H](O)[C@H]6O[C@H]6O[C@H](CO)[C@H](O)[C@H](O)[C@H]6O)C(C)(C)[C@@H]5CC[C@]43C)[C@@H]2C1. The summed E-state index contributed by atoms with van der Waals surface area (Å²) < 4.78 is 54.1. The zero-order valence-corrected chi connectivity index (χ0v) is 50.5. The smallest absolute Gasteiger partial charge is 0.335 e. The van der Waals surface area contributed by atoms with Gasteiger partial charge in [0.1, 0.15) is 90.5 Å². The molecule has 0 unspecified atom stereocenters. The molecule has 88 heavy (non-hydrogen) atoms. The topological polar surface area (TPSA) is 418 Å². The lowest BCUT2D eigenvalue weighted by Crippen LogP contribution is -2.68. The van der Waals surface area contributed by atoms with Gasteiger partial charge in [-0.15, -0.1) is 0 Å². The van der Waals surface area contributed by atoms with Crippen molar-refractivity contribution in [1.82, 2.24) is 0 Å².